The van der Waals surface area contributed by atoms with E-state index in [0.717, 1.165) is 61.3 Å². The van der Waals surface area contributed by atoms with Crippen LogP contribution < -0.4 is 10.6 Å². The largest absolute Gasteiger partial charge is 0.356 e. The Labute approximate surface area is 158 Å². The van der Waals surface area contributed by atoms with Crippen molar-refractivity contribution in [3.63, 3.8) is 0 Å². The van der Waals surface area contributed by atoms with Crippen LogP contribution in [-0.2, 0) is 19.4 Å². The molecule has 0 aliphatic rings. The maximum absolute atomic E-state index is 6.19. The van der Waals surface area contributed by atoms with E-state index in [1.54, 1.807) is 19.4 Å². The maximum Gasteiger partial charge on any atom is 0.191 e. The van der Waals surface area contributed by atoms with Gasteiger partial charge in [-0.1, -0.05) is 36.2 Å². The van der Waals surface area contributed by atoms with Gasteiger partial charge in [0.05, 0.1) is 0 Å². The van der Waals surface area contributed by atoms with Gasteiger partial charge in [-0.3, -0.25) is 4.99 Å². The van der Waals surface area contributed by atoms with Gasteiger partial charge >= 0.3 is 0 Å². The Hall–Kier alpha value is -1.79. The molecular formula is C17H24Cl2N6. The molecule has 136 valence electrons. The number of nitrogens with one attached hydrogen (secondary N) is 2. The Balaban J connectivity index is 1.68. The fourth-order valence-corrected chi connectivity index (χ4v) is 2.97. The second kappa shape index (κ2) is 10.3. The number of aliphatic imine (C=N–C) groups is 1. The van der Waals surface area contributed by atoms with Crippen molar-refractivity contribution in [1.82, 2.24) is 25.4 Å². The van der Waals surface area contributed by atoms with Gasteiger partial charge in [0.2, 0.25) is 0 Å². The van der Waals surface area contributed by atoms with E-state index in [1.807, 2.05) is 16.7 Å². The van der Waals surface area contributed by atoms with Crippen molar-refractivity contribution in [2.24, 2.45) is 4.99 Å². The van der Waals surface area contributed by atoms with Crippen LogP contribution in [0.4, 0.5) is 0 Å². The number of aryl methyl sites for hydroxylation is 2. The minimum absolute atomic E-state index is 0.663. The topological polar surface area (TPSA) is 67.1 Å². The molecule has 0 atom stereocenters. The molecule has 0 spiro atoms. The summed E-state index contributed by atoms with van der Waals surface area (Å²) in [5, 5.41) is 16.0. The fourth-order valence-electron chi connectivity index (χ4n) is 2.46. The minimum atomic E-state index is 0.663. The molecule has 8 heteroatoms. The number of guanidine groups is 1. The van der Waals surface area contributed by atoms with Crippen LogP contribution in [0.2, 0.25) is 10.0 Å². The molecule has 1 heterocycles. The van der Waals surface area contributed by atoms with Gasteiger partial charge in [0.15, 0.2) is 5.96 Å². The molecule has 1 aromatic carbocycles. The first-order chi connectivity index (χ1) is 12.1. The summed E-state index contributed by atoms with van der Waals surface area (Å²) in [4.78, 5) is 4.23. The van der Waals surface area contributed by atoms with Crippen LogP contribution in [0.1, 0.15) is 24.7 Å². The number of hydrogen-bond acceptors (Lipinski definition) is 3. The predicted molar refractivity (Wildman–Crippen MR) is 104 cm³/mol. The fraction of sp³-hybridized carbons (Fsp3) is 0.471. The Kier molecular flexibility index (Phi) is 8.01. The molecule has 0 saturated carbocycles. The monoisotopic (exact) mass is 382 g/mol. The van der Waals surface area contributed by atoms with Crippen LogP contribution in [-0.4, -0.2) is 40.9 Å². The molecule has 2 rings (SSSR count). The first-order valence-electron chi connectivity index (χ1n) is 8.39. The lowest BCUT2D eigenvalue weighted by Crippen LogP contribution is -2.39. The van der Waals surface area contributed by atoms with Gasteiger partial charge in [0.1, 0.15) is 12.2 Å². The molecule has 1 aromatic heterocycles. The summed E-state index contributed by atoms with van der Waals surface area (Å²) in [6.45, 7) is 4.44. The Morgan fingerprint density at radius 1 is 1.24 bits per heavy atom. The molecule has 0 bridgehead atoms. The van der Waals surface area contributed by atoms with Crippen molar-refractivity contribution in [3.8, 4) is 0 Å². The predicted octanol–water partition coefficient (Wildman–Crippen LogP) is 2.95. The minimum Gasteiger partial charge on any atom is -0.356 e. The zero-order chi connectivity index (χ0) is 18.1. The molecule has 2 aromatic rings. The number of aromatic nitrogens is 3. The average Bonchev–Trinajstić information content (AvgIpc) is 3.06. The lowest BCUT2D eigenvalue weighted by atomic mass is 10.1. The Bertz CT molecular complexity index is 698. The van der Waals surface area contributed by atoms with Crippen LogP contribution >= 0.6 is 23.2 Å². The maximum atomic E-state index is 6.19. The summed E-state index contributed by atoms with van der Waals surface area (Å²) >= 11 is 12.1. The van der Waals surface area contributed by atoms with Crippen LogP contribution in [0.3, 0.4) is 0 Å². The van der Waals surface area contributed by atoms with Gasteiger partial charge in [-0.2, -0.15) is 0 Å². The van der Waals surface area contributed by atoms with Gasteiger partial charge in [-0.05, 0) is 30.5 Å². The SMILES string of the molecule is CCc1nncn1CCNC(=NC)NCCCc1ccc(Cl)cc1Cl. The number of rotatable bonds is 8. The van der Waals surface area contributed by atoms with Crippen LogP contribution in [0.5, 0.6) is 0 Å². The van der Waals surface area contributed by atoms with E-state index < -0.39 is 0 Å². The molecule has 25 heavy (non-hydrogen) atoms. The van der Waals surface area contributed by atoms with E-state index in [-0.39, 0.29) is 0 Å². The van der Waals surface area contributed by atoms with Crippen LogP contribution in [0.15, 0.2) is 29.5 Å². The summed E-state index contributed by atoms with van der Waals surface area (Å²) in [6.07, 6.45) is 4.47. The molecule has 0 fully saturated rings. The number of hydrogen-bond donors (Lipinski definition) is 2. The normalized spacial score (nSPS) is 11.6. The molecule has 0 unspecified atom stereocenters. The third-order valence-electron chi connectivity index (χ3n) is 3.81. The van der Waals surface area contributed by atoms with E-state index >= 15 is 0 Å². The van der Waals surface area contributed by atoms with Crippen molar-refractivity contribution in [1.29, 1.82) is 0 Å². The Morgan fingerprint density at radius 3 is 2.76 bits per heavy atom. The standard InChI is InChI=1S/C17H24Cl2N6/c1-3-16-24-23-12-25(16)10-9-22-17(20-2)21-8-4-5-13-6-7-14(18)11-15(13)19/h6-7,11-12H,3-5,8-10H2,1-2H3,(H2,20,21,22). The number of benzene rings is 1. The molecule has 6 nitrogen and oxygen atoms in total. The summed E-state index contributed by atoms with van der Waals surface area (Å²) in [6, 6.07) is 5.62. The van der Waals surface area contributed by atoms with E-state index in [2.05, 4.69) is 32.7 Å². The second-order valence-electron chi connectivity index (χ2n) is 5.56. The summed E-state index contributed by atoms with van der Waals surface area (Å²) in [5.74, 6) is 1.78. The van der Waals surface area contributed by atoms with Gasteiger partial charge in [0, 0.05) is 43.1 Å². The van der Waals surface area contributed by atoms with Crippen LogP contribution in [0, 0.1) is 0 Å². The third-order valence-corrected chi connectivity index (χ3v) is 4.40. The lowest BCUT2D eigenvalue weighted by Gasteiger charge is -2.13. The van der Waals surface area contributed by atoms with Crippen molar-refractivity contribution in [2.75, 3.05) is 20.1 Å². The molecular weight excluding hydrogens is 359 g/mol. The van der Waals surface area contributed by atoms with E-state index in [4.69, 9.17) is 23.2 Å². The first-order valence-corrected chi connectivity index (χ1v) is 9.14. The summed E-state index contributed by atoms with van der Waals surface area (Å²) in [5.41, 5.74) is 1.11. The van der Waals surface area contributed by atoms with Gasteiger partial charge < -0.3 is 15.2 Å². The van der Waals surface area contributed by atoms with Crippen molar-refractivity contribution in [3.05, 3.63) is 46.0 Å². The highest BCUT2D eigenvalue weighted by Crippen LogP contribution is 2.21. The molecule has 0 aliphatic carbocycles. The lowest BCUT2D eigenvalue weighted by molar-refractivity contribution is 0.630. The van der Waals surface area contributed by atoms with Gasteiger partial charge in [-0.25, -0.2) is 0 Å². The van der Waals surface area contributed by atoms with Crippen molar-refractivity contribution < 1.29 is 0 Å². The first kappa shape index (κ1) is 19.5. The molecule has 0 aliphatic heterocycles. The zero-order valence-corrected chi connectivity index (χ0v) is 16.1. The summed E-state index contributed by atoms with van der Waals surface area (Å²) < 4.78 is 2.04. The second-order valence-corrected chi connectivity index (χ2v) is 6.40. The van der Waals surface area contributed by atoms with E-state index in [9.17, 15) is 0 Å². The average molecular weight is 383 g/mol. The van der Waals surface area contributed by atoms with E-state index in [0.29, 0.717) is 5.02 Å². The number of halogens is 2. The highest BCUT2D eigenvalue weighted by atomic mass is 35.5. The molecule has 0 radical (unpaired) electrons. The highest BCUT2D eigenvalue weighted by Gasteiger charge is 2.03. The van der Waals surface area contributed by atoms with E-state index in [1.165, 1.54) is 0 Å². The van der Waals surface area contributed by atoms with Gasteiger partial charge in [0.25, 0.3) is 0 Å². The Morgan fingerprint density at radius 2 is 2.04 bits per heavy atom. The quantitative estimate of drug-likeness (QED) is 0.418. The molecule has 2 N–H and O–H groups in total. The number of nitrogens with zero attached hydrogens (tertiary/aromatic N) is 4. The molecule has 0 amide bonds. The molecule has 0 saturated heterocycles. The highest BCUT2D eigenvalue weighted by molar-refractivity contribution is 6.35. The van der Waals surface area contributed by atoms with Gasteiger partial charge in [-0.15, -0.1) is 10.2 Å². The zero-order valence-electron chi connectivity index (χ0n) is 14.6. The van der Waals surface area contributed by atoms with Crippen LogP contribution in [0.25, 0.3) is 0 Å². The summed E-state index contributed by atoms with van der Waals surface area (Å²) in [7, 11) is 1.77. The van der Waals surface area contributed by atoms with Crippen molar-refractivity contribution >= 4 is 29.2 Å². The van der Waals surface area contributed by atoms with Crippen molar-refractivity contribution in [2.45, 2.75) is 32.7 Å². The smallest absolute Gasteiger partial charge is 0.191 e. The third kappa shape index (κ3) is 6.21.